The lowest BCUT2D eigenvalue weighted by atomic mass is 10.1. The SMILES string of the molecule is CC(C)CNCc1cc(F)cc(OCC2CCCC2)c1. The van der Waals surface area contributed by atoms with Gasteiger partial charge in [-0.05, 0) is 48.9 Å². The molecule has 1 N–H and O–H groups in total. The van der Waals surface area contributed by atoms with Crippen LogP contribution in [0.25, 0.3) is 0 Å². The van der Waals surface area contributed by atoms with E-state index in [0.717, 1.165) is 18.7 Å². The number of halogens is 1. The Morgan fingerprint density at radius 2 is 2.00 bits per heavy atom. The molecule has 0 aliphatic heterocycles. The van der Waals surface area contributed by atoms with E-state index in [1.54, 1.807) is 6.07 Å². The second-order valence-electron chi connectivity index (χ2n) is 6.28. The van der Waals surface area contributed by atoms with Crippen molar-refractivity contribution in [2.75, 3.05) is 13.2 Å². The molecule has 0 atom stereocenters. The van der Waals surface area contributed by atoms with Gasteiger partial charge in [-0.15, -0.1) is 0 Å². The number of hydrogen-bond donors (Lipinski definition) is 1. The minimum atomic E-state index is -0.213. The summed E-state index contributed by atoms with van der Waals surface area (Å²) in [5.74, 6) is 1.70. The van der Waals surface area contributed by atoms with Gasteiger partial charge in [-0.3, -0.25) is 0 Å². The average molecular weight is 279 g/mol. The van der Waals surface area contributed by atoms with E-state index in [0.29, 0.717) is 24.1 Å². The van der Waals surface area contributed by atoms with E-state index < -0.39 is 0 Å². The number of nitrogens with one attached hydrogen (secondary N) is 1. The highest BCUT2D eigenvalue weighted by molar-refractivity contribution is 5.29. The van der Waals surface area contributed by atoms with Crippen molar-refractivity contribution in [1.82, 2.24) is 5.32 Å². The molecule has 1 aromatic carbocycles. The Bertz CT molecular complexity index is 413. The van der Waals surface area contributed by atoms with Gasteiger partial charge < -0.3 is 10.1 Å². The molecule has 2 nitrogen and oxygen atoms in total. The molecule has 1 aliphatic rings. The van der Waals surface area contributed by atoms with Gasteiger partial charge >= 0.3 is 0 Å². The summed E-state index contributed by atoms with van der Waals surface area (Å²) in [5, 5.41) is 3.33. The zero-order chi connectivity index (χ0) is 14.4. The van der Waals surface area contributed by atoms with Crippen LogP contribution in [0.1, 0.15) is 45.1 Å². The minimum Gasteiger partial charge on any atom is -0.493 e. The molecule has 0 aromatic heterocycles. The largest absolute Gasteiger partial charge is 0.493 e. The highest BCUT2D eigenvalue weighted by Gasteiger charge is 2.15. The van der Waals surface area contributed by atoms with Gasteiger partial charge in [0.2, 0.25) is 0 Å². The van der Waals surface area contributed by atoms with Gasteiger partial charge in [0.05, 0.1) is 6.61 Å². The maximum atomic E-state index is 13.6. The number of benzene rings is 1. The van der Waals surface area contributed by atoms with Crippen LogP contribution in [0.5, 0.6) is 5.75 Å². The van der Waals surface area contributed by atoms with Crippen molar-refractivity contribution in [1.29, 1.82) is 0 Å². The van der Waals surface area contributed by atoms with Gasteiger partial charge in [-0.1, -0.05) is 26.7 Å². The maximum Gasteiger partial charge on any atom is 0.127 e. The van der Waals surface area contributed by atoms with E-state index in [4.69, 9.17) is 4.74 Å². The quantitative estimate of drug-likeness (QED) is 0.810. The Morgan fingerprint density at radius 3 is 2.70 bits per heavy atom. The summed E-state index contributed by atoms with van der Waals surface area (Å²) in [4.78, 5) is 0. The molecule has 20 heavy (non-hydrogen) atoms. The van der Waals surface area contributed by atoms with Crippen molar-refractivity contribution in [3.05, 3.63) is 29.6 Å². The topological polar surface area (TPSA) is 21.3 Å². The molecule has 0 unspecified atom stereocenters. The van der Waals surface area contributed by atoms with Crippen LogP contribution in [0.4, 0.5) is 4.39 Å². The average Bonchev–Trinajstić information content (AvgIpc) is 2.88. The molecule has 0 heterocycles. The summed E-state index contributed by atoms with van der Waals surface area (Å²) in [6, 6.07) is 5.02. The van der Waals surface area contributed by atoms with Crippen LogP contribution in [-0.4, -0.2) is 13.2 Å². The van der Waals surface area contributed by atoms with Crippen molar-refractivity contribution in [2.24, 2.45) is 11.8 Å². The van der Waals surface area contributed by atoms with Gasteiger partial charge in [0, 0.05) is 12.6 Å². The molecule has 0 spiro atoms. The van der Waals surface area contributed by atoms with E-state index in [9.17, 15) is 4.39 Å². The van der Waals surface area contributed by atoms with E-state index >= 15 is 0 Å². The smallest absolute Gasteiger partial charge is 0.127 e. The van der Waals surface area contributed by atoms with Gasteiger partial charge in [0.25, 0.3) is 0 Å². The molecule has 1 aromatic rings. The first kappa shape index (κ1) is 15.3. The third kappa shape index (κ3) is 5.12. The Kier molecular flexibility index (Phi) is 5.84. The zero-order valence-electron chi connectivity index (χ0n) is 12.6. The Labute approximate surface area is 121 Å². The first-order chi connectivity index (χ1) is 9.63. The Hall–Kier alpha value is -1.09. The van der Waals surface area contributed by atoms with Gasteiger partial charge in [-0.25, -0.2) is 4.39 Å². The van der Waals surface area contributed by atoms with Crippen LogP contribution < -0.4 is 10.1 Å². The molecule has 112 valence electrons. The van der Waals surface area contributed by atoms with Crippen molar-refractivity contribution in [2.45, 2.75) is 46.1 Å². The fourth-order valence-corrected chi connectivity index (χ4v) is 2.70. The van der Waals surface area contributed by atoms with Crippen LogP contribution in [0, 0.1) is 17.7 Å². The van der Waals surface area contributed by atoms with Crippen LogP contribution in [0.3, 0.4) is 0 Å². The minimum absolute atomic E-state index is 0.213. The van der Waals surface area contributed by atoms with Crippen LogP contribution in [0.2, 0.25) is 0 Å². The van der Waals surface area contributed by atoms with Gasteiger partial charge in [0.1, 0.15) is 11.6 Å². The lowest BCUT2D eigenvalue weighted by molar-refractivity contribution is 0.251. The summed E-state index contributed by atoms with van der Waals surface area (Å²) >= 11 is 0. The predicted molar refractivity (Wildman–Crippen MR) is 80.4 cm³/mol. The van der Waals surface area contributed by atoms with E-state index in [-0.39, 0.29) is 5.82 Å². The first-order valence-corrected chi connectivity index (χ1v) is 7.76. The lowest BCUT2D eigenvalue weighted by Crippen LogP contribution is -2.19. The monoisotopic (exact) mass is 279 g/mol. The van der Waals surface area contributed by atoms with Crippen molar-refractivity contribution in [3.8, 4) is 5.75 Å². The van der Waals surface area contributed by atoms with Gasteiger partial charge in [0.15, 0.2) is 0 Å². The second-order valence-corrected chi connectivity index (χ2v) is 6.28. The predicted octanol–water partition coefficient (Wildman–Crippen LogP) is 4.14. The second kappa shape index (κ2) is 7.63. The molecular formula is C17H26FNO. The molecule has 0 radical (unpaired) electrons. The summed E-state index contributed by atoms with van der Waals surface area (Å²) in [7, 11) is 0. The number of rotatable bonds is 7. The summed E-state index contributed by atoms with van der Waals surface area (Å²) < 4.78 is 19.4. The maximum absolute atomic E-state index is 13.6. The van der Waals surface area contributed by atoms with Crippen LogP contribution in [0.15, 0.2) is 18.2 Å². The Morgan fingerprint density at radius 1 is 1.25 bits per heavy atom. The van der Waals surface area contributed by atoms with E-state index in [1.165, 1.54) is 31.7 Å². The van der Waals surface area contributed by atoms with Gasteiger partial charge in [-0.2, -0.15) is 0 Å². The highest BCUT2D eigenvalue weighted by atomic mass is 19.1. The fraction of sp³-hybridized carbons (Fsp3) is 0.647. The molecule has 1 saturated carbocycles. The van der Waals surface area contributed by atoms with E-state index in [2.05, 4.69) is 19.2 Å². The Balaban J connectivity index is 1.86. The number of hydrogen-bond acceptors (Lipinski definition) is 2. The molecule has 1 aliphatic carbocycles. The first-order valence-electron chi connectivity index (χ1n) is 7.76. The van der Waals surface area contributed by atoms with Crippen molar-refractivity contribution < 1.29 is 9.13 Å². The van der Waals surface area contributed by atoms with Crippen molar-refractivity contribution >= 4 is 0 Å². The molecule has 0 amide bonds. The summed E-state index contributed by atoms with van der Waals surface area (Å²) in [6.07, 6.45) is 5.11. The standard InChI is InChI=1S/C17H26FNO/c1-13(2)10-19-11-15-7-16(18)9-17(8-15)20-12-14-5-3-4-6-14/h7-9,13-14,19H,3-6,10-12H2,1-2H3. The van der Waals surface area contributed by atoms with E-state index in [1.807, 2.05) is 6.07 Å². The fourth-order valence-electron chi connectivity index (χ4n) is 2.70. The molecule has 0 bridgehead atoms. The molecular weight excluding hydrogens is 253 g/mol. The summed E-state index contributed by atoms with van der Waals surface area (Å²) in [6.45, 7) is 6.68. The zero-order valence-corrected chi connectivity index (χ0v) is 12.6. The molecule has 1 fully saturated rings. The van der Waals surface area contributed by atoms with Crippen LogP contribution in [-0.2, 0) is 6.54 Å². The van der Waals surface area contributed by atoms with Crippen LogP contribution >= 0.6 is 0 Å². The molecule has 2 rings (SSSR count). The molecule has 3 heteroatoms. The lowest BCUT2D eigenvalue weighted by Gasteiger charge is -2.13. The molecule has 0 saturated heterocycles. The summed E-state index contributed by atoms with van der Waals surface area (Å²) in [5.41, 5.74) is 0.951. The third-order valence-electron chi connectivity index (χ3n) is 3.77. The normalized spacial score (nSPS) is 16.0. The third-order valence-corrected chi connectivity index (χ3v) is 3.77. The number of ether oxygens (including phenoxy) is 1. The highest BCUT2D eigenvalue weighted by Crippen LogP contribution is 2.26. The van der Waals surface area contributed by atoms with Crippen molar-refractivity contribution in [3.63, 3.8) is 0 Å².